The van der Waals surface area contributed by atoms with Gasteiger partial charge in [0.2, 0.25) is 0 Å². The molecule has 0 aliphatic carbocycles. The van der Waals surface area contributed by atoms with E-state index >= 15 is 0 Å². The second kappa shape index (κ2) is 4.81. The Labute approximate surface area is 93.9 Å². The number of hydrogen-bond acceptors (Lipinski definition) is 3. The van der Waals surface area contributed by atoms with Crippen LogP contribution in [-0.4, -0.2) is 33.5 Å². The van der Waals surface area contributed by atoms with Gasteiger partial charge in [-0.3, -0.25) is 0 Å². The molecule has 92 valence electrons. The predicted molar refractivity (Wildman–Crippen MR) is 63.9 cm³/mol. The minimum atomic E-state index is -0.810. The lowest BCUT2D eigenvalue weighted by atomic mass is 9.85. The fraction of sp³-hybridized carbons (Fsp3) is 1.00. The lowest BCUT2D eigenvalue weighted by Gasteiger charge is -2.40. The van der Waals surface area contributed by atoms with Gasteiger partial charge in [-0.2, -0.15) is 0 Å². The third kappa shape index (κ3) is 4.09. The maximum atomic E-state index is 10.1. The van der Waals surface area contributed by atoms with E-state index in [0.29, 0.717) is 6.54 Å². The van der Waals surface area contributed by atoms with Gasteiger partial charge in [0.05, 0.1) is 11.2 Å². The van der Waals surface area contributed by atoms with E-state index in [-0.39, 0.29) is 0 Å². The Balaban J connectivity index is 4.38. The number of hydrogen-bond donors (Lipinski definition) is 3. The monoisotopic (exact) mass is 217 g/mol. The zero-order valence-corrected chi connectivity index (χ0v) is 11.0. The van der Waals surface area contributed by atoms with Crippen LogP contribution in [0.5, 0.6) is 0 Å². The molecule has 15 heavy (non-hydrogen) atoms. The van der Waals surface area contributed by atoms with Gasteiger partial charge in [0.25, 0.3) is 0 Å². The van der Waals surface area contributed by atoms with Gasteiger partial charge in [0.1, 0.15) is 0 Å². The summed E-state index contributed by atoms with van der Waals surface area (Å²) in [6.45, 7) is 11.9. The van der Waals surface area contributed by atoms with Crippen molar-refractivity contribution >= 4 is 0 Å². The molecule has 0 unspecified atom stereocenters. The summed E-state index contributed by atoms with van der Waals surface area (Å²) >= 11 is 0. The molecule has 0 rings (SSSR count). The summed E-state index contributed by atoms with van der Waals surface area (Å²) in [5.74, 6) is 0. The van der Waals surface area contributed by atoms with Gasteiger partial charge in [-0.25, -0.2) is 0 Å². The van der Waals surface area contributed by atoms with Crippen molar-refractivity contribution in [1.82, 2.24) is 5.32 Å². The highest BCUT2D eigenvalue weighted by Crippen LogP contribution is 2.22. The van der Waals surface area contributed by atoms with E-state index in [0.717, 1.165) is 12.8 Å². The van der Waals surface area contributed by atoms with Crippen molar-refractivity contribution in [3.8, 4) is 0 Å². The summed E-state index contributed by atoms with van der Waals surface area (Å²) in [7, 11) is 0. The Morgan fingerprint density at radius 2 is 1.33 bits per heavy atom. The molecule has 0 fully saturated rings. The van der Waals surface area contributed by atoms with Crippen molar-refractivity contribution in [2.24, 2.45) is 0 Å². The second-order valence-corrected chi connectivity index (χ2v) is 5.47. The van der Waals surface area contributed by atoms with E-state index in [9.17, 15) is 10.2 Å². The SMILES string of the molecule is CCC(O)(CC)CNC(C)(C)C(C)(C)O. The van der Waals surface area contributed by atoms with Crippen LogP contribution in [-0.2, 0) is 0 Å². The van der Waals surface area contributed by atoms with Gasteiger partial charge in [-0.15, -0.1) is 0 Å². The highest BCUT2D eigenvalue weighted by molar-refractivity contribution is 4.95. The van der Waals surface area contributed by atoms with Crippen LogP contribution >= 0.6 is 0 Å². The average Bonchev–Trinajstić information content (AvgIpc) is 2.13. The van der Waals surface area contributed by atoms with Crippen LogP contribution in [0.4, 0.5) is 0 Å². The van der Waals surface area contributed by atoms with E-state index in [1.165, 1.54) is 0 Å². The zero-order valence-electron chi connectivity index (χ0n) is 11.0. The lowest BCUT2D eigenvalue weighted by Crippen LogP contribution is -2.59. The summed E-state index contributed by atoms with van der Waals surface area (Å²) in [6.07, 6.45) is 1.44. The molecule has 0 amide bonds. The van der Waals surface area contributed by atoms with E-state index in [4.69, 9.17) is 0 Å². The summed E-state index contributed by atoms with van der Waals surface area (Å²) in [6, 6.07) is 0. The molecular weight excluding hydrogens is 190 g/mol. The van der Waals surface area contributed by atoms with Crippen LogP contribution in [0.1, 0.15) is 54.4 Å². The first-order chi connectivity index (χ1) is 6.58. The van der Waals surface area contributed by atoms with E-state index < -0.39 is 16.7 Å². The van der Waals surface area contributed by atoms with Crippen LogP contribution in [0, 0.1) is 0 Å². The van der Waals surface area contributed by atoms with Gasteiger partial charge in [-0.1, -0.05) is 13.8 Å². The Hall–Kier alpha value is -0.120. The Kier molecular flexibility index (Phi) is 4.77. The van der Waals surface area contributed by atoms with Crippen LogP contribution in [0.15, 0.2) is 0 Å². The van der Waals surface area contributed by atoms with E-state index in [1.807, 2.05) is 27.7 Å². The number of aliphatic hydroxyl groups is 2. The molecule has 0 aromatic heterocycles. The molecule has 0 saturated heterocycles. The zero-order chi connectivity index (χ0) is 12.3. The molecule has 0 saturated carbocycles. The fourth-order valence-electron chi connectivity index (χ4n) is 1.10. The number of rotatable bonds is 6. The molecule has 0 aliphatic rings. The molecule has 0 spiro atoms. The van der Waals surface area contributed by atoms with Crippen LogP contribution < -0.4 is 5.32 Å². The average molecular weight is 217 g/mol. The molecule has 0 aromatic rings. The normalized spacial score (nSPS) is 14.4. The smallest absolute Gasteiger partial charge is 0.0767 e. The molecule has 0 atom stereocenters. The summed E-state index contributed by atoms with van der Waals surface area (Å²) in [4.78, 5) is 0. The molecular formula is C12H27NO2. The van der Waals surface area contributed by atoms with Crippen molar-refractivity contribution in [1.29, 1.82) is 0 Å². The third-order valence-corrected chi connectivity index (χ3v) is 3.71. The second-order valence-electron chi connectivity index (χ2n) is 5.47. The predicted octanol–water partition coefficient (Wildman–Crippen LogP) is 1.68. The number of β-amino-alcohol motifs (C(OH)–C–C–N with tert-alkyl or cyclic N) is 1. The highest BCUT2D eigenvalue weighted by Gasteiger charge is 2.36. The Morgan fingerprint density at radius 1 is 0.933 bits per heavy atom. The number of nitrogens with one attached hydrogen (secondary N) is 1. The minimum absolute atomic E-state index is 0.411. The Bertz CT molecular complexity index is 190. The molecule has 0 bridgehead atoms. The van der Waals surface area contributed by atoms with Gasteiger partial charge >= 0.3 is 0 Å². The minimum Gasteiger partial charge on any atom is -0.389 e. The van der Waals surface area contributed by atoms with Crippen LogP contribution in [0.25, 0.3) is 0 Å². The van der Waals surface area contributed by atoms with Crippen molar-refractivity contribution < 1.29 is 10.2 Å². The first-order valence-electron chi connectivity index (χ1n) is 5.78. The molecule has 0 radical (unpaired) electrons. The molecule has 0 heterocycles. The van der Waals surface area contributed by atoms with Crippen molar-refractivity contribution in [2.75, 3.05) is 6.54 Å². The first-order valence-corrected chi connectivity index (χ1v) is 5.78. The summed E-state index contributed by atoms with van der Waals surface area (Å²) < 4.78 is 0. The standard InChI is InChI=1S/C12H27NO2/c1-7-12(15,8-2)9-13-10(3,4)11(5,6)14/h13-15H,7-9H2,1-6H3. The van der Waals surface area contributed by atoms with Gasteiger partial charge in [0.15, 0.2) is 0 Å². The summed E-state index contributed by atoms with van der Waals surface area (Å²) in [5.41, 5.74) is -1.89. The van der Waals surface area contributed by atoms with Crippen molar-refractivity contribution in [2.45, 2.75) is 71.1 Å². The first kappa shape index (κ1) is 14.9. The molecule has 3 nitrogen and oxygen atoms in total. The molecule has 0 aliphatic heterocycles. The fourth-order valence-corrected chi connectivity index (χ4v) is 1.10. The Morgan fingerprint density at radius 3 is 1.60 bits per heavy atom. The van der Waals surface area contributed by atoms with Gasteiger partial charge in [0, 0.05) is 12.1 Å². The largest absolute Gasteiger partial charge is 0.389 e. The van der Waals surface area contributed by atoms with Gasteiger partial charge < -0.3 is 15.5 Å². The third-order valence-electron chi connectivity index (χ3n) is 3.71. The van der Waals surface area contributed by atoms with Crippen LogP contribution in [0.3, 0.4) is 0 Å². The maximum absolute atomic E-state index is 10.1. The summed E-state index contributed by atoms with van der Waals surface area (Å²) in [5, 5.41) is 23.3. The quantitative estimate of drug-likeness (QED) is 0.634. The maximum Gasteiger partial charge on any atom is 0.0767 e. The van der Waals surface area contributed by atoms with E-state index in [2.05, 4.69) is 5.32 Å². The van der Waals surface area contributed by atoms with Crippen molar-refractivity contribution in [3.63, 3.8) is 0 Å². The van der Waals surface area contributed by atoms with E-state index in [1.54, 1.807) is 13.8 Å². The highest BCUT2D eigenvalue weighted by atomic mass is 16.3. The molecule has 0 aromatic carbocycles. The topological polar surface area (TPSA) is 52.5 Å². The van der Waals surface area contributed by atoms with Crippen molar-refractivity contribution in [3.05, 3.63) is 0 Å². The lowest BCUT2D eigenvalue weighted by molar-refractivity contribution is -0.0274. The van der Waals surface area contributed by atoms with Crippen LogP contribution in [0.2, 0.25) is 0 Å². The van der Waals surface area contributed by atoms with Gasteiger partial charge in [-0.05, 0) is 40.5 Å². The molecule has 3 N–H and O–H groups in total. The molecule has 3 heteroatoms.